The first kappa shape index (κ1) is 33.0. The molecule has 0 amide bonds. The zero-order valence-corrected chi connectivity index (χ0v) is 32.1. The molecular formula is C42H34GeIrN2S-2. The molecule has 233 valence electrons. The molecule has 0 aliphatic rings. The number of aromatic nitrogens is 2. The molecule has 8 aromatic rings. The molecule has 3 aromatic heterocycles. The zero-order chi connectivity index (χ0) is 31.7. The molecule has 0 atom stereocenters. The summed E-state index contributed by atoms with van der Waals surface area (Å²) in [5.41, 5.74) is 8.02. The van der Waals surface area contributed by atoms with E-state index in [-0.39, 0.29) is 20.1 Å². The van der Waals surface area contributed by atoms with Crippen molar-refractivity contribution in [1.29, 1.82) is 0 Å². The average molecular weight is 864 g/mol. The Morgan fingerprint density at radius 3 is 2.11 bits per heavy atom. The number of thiophene rings is 1. The van der Waals surface area contributed by atoms with E-state index < -0.39 is 13.3 Å². The maximum Gasteiger partial charge on any atom is 0.0245 e. The summed E-state index contributed by atoms with van der Waals surface area (Å²) in [5.74, 6) is 7.20. The van der Waals surface area contributed by atoms with Crippen molar-refractivity contribution in [3.05, 3.63) is 151 Å². The molecule has 0 N–H and O–H groups in total. The first-order valence-corrected chi connectivity index (χ1v) is 23.7. The van der Waals surface area contributed by atoms with Gasteiger partial charge in [0.05, 0.1) is 0 Å². The second kappa shape index (κ2) is 14.1. The molecule has 0 fully saturated rings. The molecule has 5 heteroatoms. The van der Waals surface area contributed by atoms with E-state index in [9.17, 15) is 0 Å². The van der Waals surface area contributed by atoms with E-state index in [1.165, 1.54) is 46.6 Å². The second-order valence-electron chi connectivity index (χ2n) is 12.6. The van der Waals surface area contributed by atoms with Crippen LogP contribution in [-0.2, 0) is 20.1 Å². The predicted molar refractivity (Wildman–Crippen MR) is 201 cm³/mol. The summed E-state index contributed by atoms with van der Waals surface area (Å²) in [6.45, 7) is 2.19. The summed E-state index contributed by atoms with van der Waals surface area (Å²) in [7, 11) is 0. The number of aryl methyl sites for hydroxylation is 1. The third kappa shape index (κ3) is 7.02. The van der Waals surface area contributed by atoms with Gasteiger partial charge in [0.25, 0.3) is 0 Å². The largest absolute Gasteiger partial charge is 0.304 e. The van der Waals surface area contributed by atoms with Crippen LogP contribution in [0.4, 0.5) is 0 Å². The number of nitrogens with zero attached hydrogens (tertiary/aromatic N) is 2. The minimum Gasteiger partial charge on any atom is -0.304 e. The van der Waals surface area contributed by atoms with Crippen molar-refractivity contribution in [1.82, 2.24) is 9.97 Å². The molecule has 3 heterocycles. The van der Waals surface area contributed by atoms with Crippen molar-refractivity contribution in [3.8, 4) is 33.6 Å². The Balaban J connectivity index is 0.000000185. The Morgan fingerprint density at radius 2 is 1.36 bits per heavy atom. The summed E-state index contributed by atoms with van der Waals surface area (Å²) in [6.07, 6.45) is 4.03. The van der Waals surface area contributed by atoms with Crippen LogP contribution < -0.4 is 4.40 Å². The van der Waals surface area contributed by atoms with Gasteiger partial charge < -0.3 is 4.98 Å². The van der Waals surface area contributed by atoms with Gasteiger partial charge in [-0.05, 0) is 43.7 Å². The molecule has 47 heavy (non-hydrogen) atoms. The summed E-state index contributed by atoms with van der Waals surface area (Å²) >= 11 is 0.0535. The Labute approximate surface area is 297 Å². The molecule has 8 rings (SSSR count). The van der Waals surface area contributed by atoms with Crippen molar-refractivity contribution in [2.24, 2.45) is 0 Å². The third-order valence-corrected chi connectivity index (χ3v) is 14.0. The molecule has 2 nitrogen and oxygen atoms in total. The topological polar surface area (TPSA) is 25.8 Å². The van der Waals surface area contributed by atoms with Gasteiger partial charge in [0.1, 0.15) is 0 Å². The number of hydrogen-bond acceptors (Lipinski definition) is 3. The van der Waals surface area contributed by atoms with Gasteiger partial charge in [-0.2, -0.15) is 11.3 Å². The SMILES string of the molecule is Cc1cc(-c2[c-]cccc2)nc[c]1[Ge]([CH3])([CH3])[CH3].[Ir].[c-]1ccc2c(sc3cc(-c4ccccc4)ccc32)c1-c1cc2ccccc2cn1. The fourth-order valence-electron chi connectivity index (χ4n) is 6.00. The van der Waals surface area contributed by atoms with E-state index >= 15 is 0 Å². The van der Waals surface area contributed by atoms with Gasteiger partial charge in [-0.1, -0.05) is 78.2 Å². The van der Waals surface area contributed by atoms with Crippen LogP contribution in [0.3, 0.4) is 0 Å². The number of benzene rings is 5. The molecule has 1 radical (unpaired) electrons. The standard InChI is InChI=1S/C27H16NS.C15H18GeN.Ir/c1-2-7-18(8-3-1)20-13-14-22-23-11-6-12-24(27(23)29-26(22)16-20)25-15-19-9-4-5-10-21(19)17-28-25;1-12-10-15(13-8-6-5-7-9-13)17-11-14(12)16(2,3)4;/h1-11,13-17H;5-8,10-11H,1-4H3;/q2*-1;. The summed E-state index contributed by atoms with van der Waals surface area (Å²) in [6, 6.07) is 48.9. The Morgan fingerprint density at radius 1 is 0.617 bits per heavy atom. The van der Waals surface area contributed by atoms with Crippen molar-refractivity contribution in [2.45, 2.75) is 24.2 Å². The van der Waals surface area contributed by atoms with Crippen LogP contribution in [0.2, 0.25) is 17.3 Å². The molecule has 0 aliphatic heterocycles. The van der Waals surface area contributed by atoms with E-state index in [0.29, 0.717) is 0 Å². The number of fused-ring (bicyclic) bond motifs is 4. The van der Waals surface area contributed by atoms with Crippen LogP contribution in [-0.4, -0.2) is 23.2 Å². The maximum atomic E-state index is 4.74. The molecule has 0 saturated carbocycles. The molecule has 0 aliphatic carbocycles. The minimum atomic E-state index is -1.77. The summed E-state index contributed by atoms with van der Waals surface area (Å²) < 4.78 is 4.03. The van der Waals surface area contributed by atoms with E-state index in [0.717, 1.165) is 27.9 Å². The second-order valence-corrected chi connectivity index (χ2v) is 24.2. The van der Waals surface area contributed by atoms with Crippen molar-refractivity contribution < 1.29 is 20.1 Å². The predicted octanol–water partition coefficient (Wildman–Crippen LogP) is 11.1. The monoisotopic (exact) mass is 865 g/mol. The summed E-state index contributed by atoms with van der Waals surface area (Å²) in [4.78, 5) is 9.33. The van der Waals surface area contributed by atoms with E-state index in [1.54, 1.807) is 0 Å². The Bertz CT molecular complexity index is 2310. The van der Waals surface area contributed by atoms with Gasteiger partial charge in [-0.25, -0.2) is 0 Å². The molecule has 0 unspecified atom stereocenters. The normalized spacial score (nSPS) is 11.2. The fraction of sp³-hybridized carbons (Fsp3) is 0.0952. The number of hydrogen-bond donors (Lipinski definition) is 0. The maximum absolute atomic E-state index is 4.74. The Kier molecular flexibility index (Phi) is 9.86. The minimum absolute atomic E-state index is 0. The van der Waals surface area contributed by atoms with Gasteiger partial charge in [-0.3, -0.25) is 0 Å². The fourth-order valence-corrected chi connectivity index (χ4v) is 10.8. The zero-order valence-electron chi connectivity index (χ0n) is 26.8. The number of pyridine rings is 2. The third-order valence-electron chi connectivity index (χ3n) is 8.33. The van der Waals surface area contributed by atoms with Gasteiger partial charge in [-0.15, -0.1) is 23.8 Å². The van der Waals surface area contributed by atoms with Crippen LogP contribution in [0.15, 0.2) is 134 Å². The van der Waals surface area contributed by atoms with Crippen molar-refractivity contribution in [2.75, 3.05) is 0 Å². The molecule has 5 aromatic carbocycles. The van der Waals surface area contributed by atoms with Crippen LogP contribution in [0.1, 0.15) is 5.56 Å². The van der Waals surface area contributed by atoms with Crippen LogP contribution >= 0.6 is 11.3 Å². The summed E-state index contributed by atoms with van der Waals surface area (Å²) in [5, 5.41) is 4.93. The van der Waals surface area contributed by atoms with Crippen molar-refractivity contribution in [3.63, 3.8) is 0 Å². The first-order chi connectivity index (χ1) is 22.3. The smallest absolute Gasteiger partial charge is 0.0245 e. The van der Waals surface area contributed by atoms with E-state index in [1.807, 2.05) is 47.9 Å². The van der Waals surface area contributed by atoms with Gasteiger partial charge >= 0.3 is 106 Å². The molecule has 0 spiro atoms. The Hall–Kier alpha value is -3.93. The molecule has 0 bridgehead atoms. The van der Waals surface area contributed by atoms with Crippen LogP contribution in [0.5, 0.6) is 0 Å². The van der Waals surface area contributed by atoms with Crippen LogP contribution in [0.25, 0.3) is 64.6 Å². The number of rotatable bonds is 4. The molecular weight excluding hydrogens is 829 g/mol. The first-order valence-electron chi connectivity index (χ1n) is 15.6. The van der Waals surface area contributed by atoms with Crippen LogP contribution in [0, 0.1) is 19.1 Å². The molecule has 0 saturated heterocycles. The van der Waals surface area contributed by atoms with E-state index in [4.69, 9.17) is 4.98 Å². The average Bonchev–Trinajstić information content (AvgIpc) is 3.47. The van der Waals surface area contributed by atoms with Gasteiger partial charge in [0, 0.05) is 31.0 Å². The quantitative estimate of drug-likeness (QED) is 0.130. The van der Waals surface area contributed by atoms with Gasteiger partial charge in [0.2, 0.25) is 0 Å². The van der Waals surface area contributed by atoms with Gasteiger partial charge in [0.15, 0.2) is 0 Å². The van der Waals surface area contributed by atoms with Crippen molar-refractivity contribution >= 4 is 59.9 Å². The van der Waals surface area contributed by atoms with E-state index in [2.05, 4.69) is 139 Å².